The van der Waals surface area contributed by atoms with Crippen LogP contribution in [0.5, 0.6) is 5.75 Å². The van der Waals surface area contributed by atoms with Gasteiger partial charge in [-0.05, 0) is 41.0 Å². The van der Waals surface area contributed by atoms with Crippen molar-refractivity contribution >= 4 is 41.0 Å². The Kier molecular flexibility index (Phi) is 8.13. The van der Waals surface area contributed by atoms with E-state index < -0.39 is 0 Å². The molecule has 5 nitrogen and oxygen atoms in total. The molecule has 0 radical (unpaired) electrons. The normalized spacial score (nSPS) is 11.2. The summed E-state index contributed by atoms with van der Waals surface area (Å²) < 4.78 is 1.49. The first kappa shape index (κ1) is 24.9. The van der Waals surface area contributed by atoms with E-state index in [0.29, 0.717) is 20.6 Å². The number of benzene rings is 3. The number of aromatic hydroxyl groups is 1. The van der Waals surface area contributed by atoms with Crippen molar-refractivity contribution in [2.75, 3.05) is 0 Å². The molecular weight excluding hydrogens is 507 g/mol. The summed E-state index contributed by atoms with van der Waals surface area (Å²) >= 11 is 18.4. The van der Waals surface area contributed by atoms with Crippen molar-refractivity contribution in [2.45, 2.75) is 19.6 Å². The van der Waals surface area contributed by atoms with Crippen molar-refractivity contribution in [1.29, 1.82) is 0 Å². The smallest absolute Gasteiger partial charge is 0.258 e. The average Bonchev–Trinajstić information content (AvgIpc) is 2.84. The van der Waals surface area contributed by atoms with E-state index >= 15 is 0 Å². The predicted octanol–water partition coefficient (Wildman–Crippen LogP) is 6.70. The van der Waals surface area contributed by atoms with E-state index in [1.807, 2.05) is 42.5 Å². The minimum atomic E-state index is -0.325. The highest BCUT2D eigenvalue weighted by Crippen LogP contribution is 2.24. The third kappa shape index (κ3) is 6.45. The molecule has 0 aliphatic rings. The van der Waals surface area contributed by atoms with Crippen LogP contribution in [0.2, 0.25) is 15.1 Å². The molecule has 4 rings (SSSR count). The zero-order valence-corrected chi connectivity index (χ0v) is 20.8. The molecule has 1 heterocycles. The third-order valence-corrected chi connectivity index (χ3v) is 6.16. The van der Waals surface area contributed by atoms with Crippen LogP contribution in [-0.2, 0) is 24.4 Å². The van der Waals surface area contributed by atoms with Gasteiger partial charge in [0.25, 0.3) is 5.56 Å². The van der Waals surface area contributed by atoms with Gasteiger partial charge in [0.15, 0.2) is 0 Å². The molecule has 178 valence electrons. The molecule has 0 aliphatic heterocycles. The Hall–Kier alpha value is -3.25. The van der Waals surface area contributed by atoms with Crippen LogP contribution in [0.15, 0.2) is 88.9 Å². The van der Waals surface area contributed by atoms with E-state index in [9.17, 15) is 9.90 Å². The standard InChI is InChI=1S/C27H21Cl3N2O3/c28-22-8-4-7-19(11-22)17-35-31-14-21-16-32(15-20-9-10-23(29)13-25(20)30)27(34)24(26(21)33)12-18-5-2-1-3-6-18/h1-11,13-14,16,33H,12,15,17H2/b31-14-. The van der Waals surface area contributed by atoms with Gasteiger partial charge >= 0.3 is 0 Å². The van der Waals surface area contributed by atoms with Crippen molar-refractivity contribution in [2.24, 2.45) is 5.16 Å². The van der Waals surface area contributed by atoms with Gasteiger partial charge in [-0.15, -0.1) is 0 Å². The number of nitrogens with zero attached hydrogens (tertiary/aromatic N) is 2. The van der Waals surface area contributed by atoms with Crippen LogP contribution in [0.25, 0.3) is 0 Å². The second-order valence-electron chi connectivity index (χ2n) is 7.88. The lowest BCUT2D eigenvalue weighted by Gasteiger charge is -2.14. The van der Waals surface area contributed by atoms with Gasteiger partial charge in [0.2, 0.25) is 0 Å². The van der Waals surface area contributed by atoms with Gasteiger partial charge < -0.3 is 14.5 Å². The maximum atomic E-state index is 13.3. The van der Waals surface area contributed by atoms with Crippen molar-refractivity contribution in [3.05, 3.63) is 132 Å². The Morgan fingerprint density at radius 2 is 1.66 bits per heavy atom. The van der Waals surface area contributed by atoms with Gasteiger partial charge in [0, 0.05) is 27.7 Å². The lowest BCUT2D eigenvalue weighted by atomic mass is 10.0. The molecule has 1 aromatic heterocycles. The molecule has 0 atom stereocenters. The monoisotopic (exact) mass is 526 g/mol. The van der Waals surface area contributed by atoms with E-state index in [0.717, 1.165) is 16.7 Å². The second kappa shape index (κ2) is 11.5. The Balaban J connectivity index is 1.66. The summed E-state index contributed by atoms with van der Waals surface area (Å²) in [7, 11) is 0. The summed E-state index contributed by atoms with van der Waals surface area (Å²) in [4.78, 5) is 18.7. The number of aromatic nitrogens is 1. The molecule has 0 saturated carbocycles. The maximum Gasteiger partial charge on any atom is 0.258 e. The van der Waals surface area contributed by atoms with E-state index in [1.54, 1.807) is 30.3 Å². The summed E-state index contributed by atoms with van der Waals surface area (Å²) in [6.07, 6.45) is 3.17. The molecule has 0 amide bonds. The number of oxime groups is 1. The van der Waals surface area contributed by atoms with E-state index in [1.165, 1.54) is 17.0 Å². The first-order valence-electron chi connectivity index (χ1n) is 10.7. The maximum absolute atomic E-state index is 13.3. The Morgan fingerprint density at radius 3 is 2.40 bits per heavy atom. The number of rotatable bonds is 8. The summed E-state index contributed by atoms with van der Waals surface area (Å²) in [5, 5.41) is 16.5. The lowest BCUT2D eigenvalue weighted by Crippen LogP contribution is -2.25. The minimum absolute atomic E-state index is 0.146. The molecule has 3 aromatic carbocycles. The zero-order chi connectivity index (χ0) is 24.8. The fraction of sp³-hybridized carbons (Fsp3) is 0.111. The highest BCUT2D eigenvalue weighted by Gasteiger charge is 2.16. The third-order valence-electron chi connectivity index (χ3n) is 5.34. The number of hydrogen-bond donors (Lipinski definition) is 1. The lowest BCUT2D eigenvalue weighted by molar-refractivity contribution is 0.132. The van der Waals surface area contributed by atoms with Gasteiger partial charge in [-0.3, -0.25) is 4.79 Å². The van der Waals surface area contributed by atoms with E-state index in [4.69, 9.17) is 39.6 Å². The molecule has 0 unspecified atom stereocenters. The van der Waals surface area contributed by atoms with E-state index in [2.05, 4.69) is 5.16 Å². The van der Waals surface area contributed by atoms with E-state index in [-0.39, 0.29) is 36.4 Å². The molecule has 35 heavy (non-hydrogen) atoms. The minimum Gasteiger partial charge on any atom is -0.507 e. The zero-order valence-electron chi connectivity index (χ0n) is 18.5. The molecule has 0 bridgehead atoms. The van der Waals surface area contributed by atoms with Gasteiger partial charge in [0.05, 0.1) is 23.9 Å². The fourth-order valence-corrected chi connectivity index (χ4v) is 4.25. The van der Waals surface area contributed by atoms with Crippen LogP contribution in [0.1, 0.15) is 27.8 Å². The molecule has 1 N–H and O–H groups in total. The Bertz CT molecular complexity index is 1420. The van der Waals surface area contributed by atoms with Gasteiger partial charge in [-0.25, -0.2) is 0 Å². The van der Waals surface area contributed by atoms with Crippen LogP contribution in [-0.4, -0.2) is 15.9 Å². The van der Waals surface area contributed by atoms with Gasteiger partial charge in [-0.1, -0.05) is 88.5 Å². The highest BCUT2D eigenvalue weighted by atomic mass is 35.5. The second-order valence-corrected chi connectivity index (χ2v) is 9.16. The number of halogens is 3. The molecule has 0 spiro atoms. The SMILES string of the molecule is O=c1c(Cc2ccccc2)c(O)c(/C=N\OCc2cccc(Cl)c2)cn1Cc1ccc(Cl)cc1Cl. The highest BCUT2D eigenvalue weighted by molar-refractivity contribution is 6.35. The largest absolute Gasteiger partial charge is 0.507 e. The number of hydrogen-bond acceptors (Lipinski definition) is 4. The fourth-order valence-electron chi connectivity index (χ4n) is 3.57. The number of pyridine rings is 1. The predicted molar refractivity (Wildman–Crippen MR) is 141 cm³/mol. The van der Waals surface area contributed by atoms with Crippen LogP contribution in [0, 0.1) is 0 Å². The topological polar surface area (TPSA) is 63.8 Å². The molecular formula is C27H21Cl3N2O3. The summed E-state index contributed by atoms with van der Waals surface area (Å²) in [5.74, 6) is -0.146. The molecule has 0 saturated heterocycles. The van der Waals surface area contributed by atoms with Crippen molar-refractivity contribution in [1.82, 2.24) is 4.57 Å². The van der Waals surface area contributed by atoms with Crippen LogP contribution >= 0.6 is 34.8 Å². The molecule has 8 heteroatoms. The van der Waals surface area contributed by atoms with Gasteiger partial charge in [0.1, 0.15) is 12.4 Å². The summed E-state index contributed by atoms with van der Waals surface area (Å²) in [6, 6.07) is 21.8. The molecule has 0 aliphatic carbocycles. The molecule has 0 fully saturated rings. The first-order valence-corrected chi connectivity index (χ1v) is 11.9. The van der Waals surface area contributed by atoms with Crippen LogP contribution < -0.4 is 5.56 Å². The Morgan fingerprint density at radius 1 is 0.914 bits per heavy atom. The average molecular weight is 528 g/mol. The summed E-state index contributed by atoms with van der Waals surface area (Å²) in [5.41, 5.74) is 2.73. The Labute approximate surface area is 217 Å². The van der Waals surface area contributed by atoms with Gasteiger partial charge in [-0.2, -0.15) is 0 Å². The quantitative estimate of drug-likeness (QED) is 0.205. The van der Waals surface area contributed by atoms with Crippen LogP contribution in [0.3, 0.4) is 0 Å². The first-order chi connectivity index (χ1) is 16.9. The van der Waals surface area contributed by atoms with Crippen molar-refractivity contribution in [3.8, 4) is 5.75 Å². The summed E-state index contributed by atoms with van der Waals surface area (Å²) in [6.45, 7) is 0.399. The van der Waals surface area contributed by atoms with Crippen molar-refractivity contribution < 1.29 is 9.94 Å². The molecule has 4 aromatic rings. The van der Waals surface area contributed by atoms with Crippen LogP contribution in [0.4, 0.5) is 0 Å². The van der Waals surface area contributed by atoms with Crippen molar-refractivity contribution in [3.63, 3.8) is 0 Å².